The zero-order chi connectivity index (χ0) is 15.7. The Balaban J connectivity index is 1.76. The largest absolute Gasteiger partial charge is 0.302 e. The van der Waals surface area contributed by atoms with Crippen LogP contribution in [0.2, 0.25) is 0 Å². The minimum atomic E-state index is -0.313. The Morgan fingerprint density at radius 3 is 2.68 bits per heavy atom. The van der Waals surface area contributed by atoms with Crippen molar-refractivity contribution in [1.29, 1.82) is 0 Å². The number of halogens is 1. The summed E-state index contributed by atoms with van der Waals surface area (Å²) in [5.41, 5.74) is 3.41. The lowest BCUT2D eigenvalue weighted by atomic mass is 10.1. The highest BCUT2D eigenvalue weighted by molar-refractivity contribution is 7.22. The first kappa shape index (κ1) is 14.6. The molecule has 6 heteroatoms. The van der Waals surface area contributed by atoms with Gasteiger partial charge in [0.15, 0.2) is 10.8 Å². The standard InChI is InChI=1S/C16H14FN3OS/c1-9-7-10(2)18-15-14(9)22-16(20-15)19-13(21)8-11-3-5-12(17)6-4-11/h3-7H,8H2,1-2H3,(H,18,19,20,21). The molecule has 0 aliphatic rings. The first-order valence-corrected chi connectivity index (χ1v) is 7.62. The smallest absolute Gasteiger partial charge is 0.230 e. The number of carbonyl (C=O) groups is 1. The van der Waals surface area contributed by atoms with Gasteiger partial charge in [-0.2, -0.15) is 4.98 Å². The average Bonchev–Trinajstić information content (AvgIpc) is 2.84. The molecular weight excluding hydrogens is 301 g/mol. The number of amides is 1. The van der Waals surface area contributed by atoms with Crippen molar-refractivity contribution in [3.8, 4) is 0 Å². The molecule has 0 atom stereocenters. The van der Waals surface area contributed by atoms with Gasteiger partial charge < -0.3 is 5.32 Å². The van der Waals surface area contributed by atoms with Gasteiger partial charge >= 0.3 is 0 Å². The van der Waals surface area contributed by atoms with E-state index in [1.54, 1.807) is 12.1 Å². The fraction of sp³-hybridized carbons (Fsp3) is 0.188. The van der Waals surface area contributed by atoms with Crippen LogP contribution in [0, 0.1) is 19.7 Å². The number of nitrogens with one attached hydrogen (secondary N) is 1. The van der Waals surface area contributed by atoms with Crippen molar-refractivity contribution in [1.82, 2.24) is 9.97 Å². The molecule has 2 aromatic heterocycles. The summed E-state index contributed by atoms with van der Waals surface area (Å²) in [5.74, 6) is -0.493. The van der Waals surface area contributed by atoms with Crippen molar-refractivity contribution in [2.45, 2.75) is 20.3 Å². The van der Waals surface area contributed by atoms with Gasteiger partial charge in [0.25, 0.3) is 0 Å². The molecule has 0 spiro atoms. The van der Waals surface area contributed by atoms with E-state index in [1.165, 1.54) is 23.5 Å². The predicted octanol–water partition coefficient (Wildman–Crippen LogP) is 3.63. The summed E-state index contributed by atoms with van der Waals surface area (Å²) in [6, 6.07) is 7.88. The van der Waals surface area contributed by atoms with E-state index < -0.39 is 0 Å². The number of pyridine rings is 1. The fourth-order valence-corrected chi connectivity index (χ4v) is 3.12. The van der Waals surface area contributed by atoms with Crippen molar-refractivity contribution < 1.29 is 9.18 Å². The Kier molecular flexibility index (Phi) is 3.85. The minimum absolute atomic E-state index is 0.181. The lowest BCUT2D eigenvalue weighted by molar-refractivity contribution is -0.115. The summed E-state index contributed by atoms with van der Waals surface area (Å²) in [6.07, 6.45) is 0.182. The monoisotopic (exact) mass is 315 g/mol. The van der Waals surface area contributed by atoms with Crippen LogP contribution in [0.1, 0.15) is 16.8 Å². The maximum Gasteiger partial charge on any atom is 0.230 e. The molecule has 2 heterocycles. The molecule has 3 aromatic rings. The molecule has 0 fully saturated rings. The minimum Gasteiger partial charge on any atom is -0.302 e. The number of carbonyl (C=O) groups excluding carboxylic acids is 1. The summed E-state index contributed by atoms with van der Waals surface area (Å²) in [7, 11) is 0. The third-order valence-electron chi connectivity index (χ3n) is 3.20. The Bertz CT molecular complexity index is 842. The molecule has 0 bridgehead atoms. The first-order valence-electron chi connectivity index (χ1n) is 6.80. The lowest BCUT2D eigenvalue weighted by Crippen LogP contribution is -2.14. The van der Waals surface area contributed by atoms with Gasteiger partial charge in [-0.15, -0.1) is 0 Å². The summed E-state index contributed by atoms with van der Waals surface area (Å²) in [6.45, 7) is 3.91. The van der Waals surface area contributed by atoms with Gasteiger partial charge in [-0.1, -0.05) is 23.5 Å². The molecular formula is C16H14FN3OS. The summed E-state index contributed by atoms with van der Waals surface area (Å²) in [5, 5.41) is 3.31. The van der Waals surface area contributed by atoms with Crippen molar-refractivity contribution in [2.24, 2.45) is 0 Å². The van der Waals surface area contributed by atoms with Crippen LogP contribution in [-0.2, 0) is 11.2 Å². The number of aromatic nitrogens is 2. The van der Waals surface area contributed by atoms with E-state index in [-0.39, 0.29) is 18.1 Å². The Morgan fingerprint density at radius 1 is 1.23 bits per heavy atom. The van der Waals surface area contributed by atoms with Gasteiger partial charge in [0, 0.05) is 5.69 Å². The van der Waals surface area contributed by atoms with Crippen LogP contribution in [0.5, 0.6) is 0 Å². The van der Waals surface area contributed by atoms with E-state index >= 15 is 0 Å². The molecule has 0 saturated heterocycles. The Morgan fingerprint density at radius 2 is 1.95 bits per heavy atom. The molecule has 0 aliphatic heterocycles. The zero-order valence-corrected chi connectivity index (χ0v) is 13.0. The molecule has 3 rings (SSSR count). The van der Waals surface area contributed by atoms with Crippen LogP contribution in [0.3, 0.4) is 0 Å². The number of thiazole rings is 1. The number of hydrogen-bond acceptors (Lipinski definition) is 4. The Hall–Kier alpha value is -2.34. The molecule has 4 nitrogen and oxygen atoms in total. The molecule has 22 heavy (non-hydrogen) atoms. The van der Waals surface area contributed by atoms with Gasteiger partial charge in [-0.25, -0.2) is 9.37 Å². The third-order valence-corrected chi connectivity index (χ3v) is 4.29. The van der Waals surface area contributed by atoms with Gasteiger partial charge in [0.2, 0.25) is 5.91 Å². The highest BCUT2D eigenvalue weighted by Crippen LogP contribution is 2.28. The second kappa shape index (κ2) is 5.81. The van der Waals surface area contributed by atoms with Crippen LogP contribution in [0.4, 0.5) is 9.52 Å². The van der Waals surface area contributed by atoms with Crippen molar-refractivity contribution in [2.75, 3.05) is 5.32 Å². The SMILES string of the molecule is Cc1cc(C)c2sc(NC(=O)Cc3ccc(F)cc3)nc2n1. The number of nitrogens with zero attached hydrogens (tertiary/aromatic N) is 2. The van der Waals surface area contributed by atoms with Gasteiger partial charge in [-0.3, -0.25) is 4.79 Å². The van der Waals surface area contributed by atoms with Gasteiger partial charge in [0.05, 0.1) is 11.1 Å². The number of hydrogen-bond donors (Lipinski definition) is 1. The van der Waals surface area contributed by atoms with Crippen molar-refractivity contribution in [3.05, 3.63) is 53.0 Å². The first-order chi connectivity index (χ1) is 10.5. The van der Waals surface area contributed by atoms with Crippen LogP contribution in [-0.4, -0.2) is 15.9 Å². The number of fused-ring (bicyclic) bond motifs is 1. The van der Waals surface area contributed by atoms with Crippen LogP contribution in [0.25, 0.3) is 10.3 Å². The Labute approximate surface area is 131 Å². The summed E-state index contributed by atoms with van der Waals surface area (Å²) >= 11 is 1.41. The molecule has 1 amide bonds. The fourth-order valence-electron chi connectivity index (χ4n) is 2.23. The third kappa shape index (κ3) is 3.12. The van der Waals surface area contributed by atoms with E-state index in [1.807, 2.05) is 19.9 Å². The molecule has 0 saturated carbocycles. The highest BCUT2D eigenvalue weighted by atomic mass is 32.1. The van der Waals surface area contributed by atoms with Gasteiger partial charge in [0.1, 0.15) is 5.82 Å². The molecule has 1 aromatic carbocycles. The quantitative estimate of drug-likeness (QED) is 0.803. The number of rotatable bonds is 3. The molecule has 112 valence electrons. The van der Waals surface area contributed by atoms with Crippen LogP contribution in [0.15, 0.2) is 30.3 Å². The topological polar surface area (TPSA) is 54.9 Å². The van der Waals surface area contributed by atoms with Gasteiger partial charge in [-0.05, 0) is 43.2 Å². The van der Waals surface area contributed by atoms with E-state index in [0.717, 1.165) is 21.5 Å². The highest BCUT2D eigenvalue weighted by Gasteiger charge is 2.11. The lowest BCUT2D eigenvalue weighted by Gasteiger charge is -2.01. The summed E-state index contributed by atoms with van der Waals surface area (Å²) in [4.78, 5) is 20.7. The second-order valence-corrected chi connectivity index (χ2v) is 6.10. The maximum absolute atomic E-state index is 12.8. The predicted molar refractivity (Wildman–Crippen MR) is 85.6 cm³/mol. The van der Waals surface area contributed by atoms with Crippen molar-refractivity contribution in [3.63, 3.8) is 0 Å². The molecule has 0 radical (unpaired) electrons. The number of aryl methyl sites for hydroxylation is 2. The average molecular weight is 315 g/mol. The van der Waals surface area contributed by atoms with E-state index in [9.17, 15) is 9.18 Å². The zero-order valence-electron chi connectivity index (χ0n) is 12.2. The number of anilines is 1. The number of benzene rings is 1. The molecule has 1 N–H and O–H groups in total. The molecule has 0 unspecified atom stereocenters. The normalized spacial score (nSPS) is 10.9. The van der Waals surface area contributed by atoms with Crippen molar-refractivity contribution >= 4 is 32.7 Å². The van der Waals surface area contributed by atoms with Crippen LogP contribution < -0.4 is 5.32 Å². The maximum atomic E-state index is 12.8. The van der Waals surface area contributed by atoms with E-state index in [4.69, 9.17) is 0 Å². The van der Waals surface area contributed by atoms with Crippen LogP contribution >= 0.6 is 11.3 Å². The van der Waals surface area contributed by atoms with E-state index in [0.29, 0.717) is 10.8 Å². The van der Waals surface area contributed by atoms with E-state index in [2.05, 4.69) is 15.3 Å². The second-order valence-electron chi connectivity index (χ2n) is 5.10. The molecule has 0 aliphatic carbocycles. The summed E-state index contributed by atoms with van der Waals surface area (Å²) < 4.78 is 13.8.